The van der Waals surface area contributed by atoms with Crippen LogP contribution in [0.15, 0.2) is 54.3 Å². The molecule has 0 aliphatic carbocycles. The van der Waals surface area contributed by atoms with Gasteiger partial charge in [-0.25, -0.2) is 0 Å². The zero-order chi connectivity index (χ0) is 8.93. The Morgan fingerprint density at radius 3 is 2.69 bits per heavy atom. The van der Waals surface area contributed by atoms with E-state index < -0.39 is 0 Å². The van der Waals surface area contributed by atoms with Crippen molar-refractivity contribution in [2.24, 2.45) is 0 Å². The van der Waals surface area contributed by atoms with Crippen molar-refractivity contribution in [2.75, 3.05) is 6.61 Å². The lowest BCUT2D eigenvalue weighted by Gasteiger charge is -2.07. The van der Waals surface area contributed by atoms with Crippen LogP contribution in [-0.4, -0.2) is 6.61 Å². The number of hydrogen-bond acceptors (Lipinski definition) is 1. The number of ether oxygens (including phenoxy) is 1. The Morgan fingerprint density at radius 1 is 1.15 bits per heavy atom. The highest BCUT2D eigenvalue weighted by Crippen LogP contribution is 2.11. The molecule has 0 N–H and O–H groups in total. The van der Waals surface area contributed by atoms with Gasteiger partial charge in [-0.3, -0.25) is 0 Å². The Bertz CT molecular complexity index is 322. The Balaban J connectivity index is 2.06. The predicted octanol–water partition coefficient (Wildman–Crippen LogP) is 2.70. The minimum Gasteiger partial charge on any atom is -0.497 e. The van der Waals surface area contributed by atoms with Crippen molar-refractivity contribution in [1.29, 1.82) is 0 Å². The van der Waals surface area contributed by atoms with Gasteiger partial charge >= 0.3 is 0 Å². The first-order valence-electron chi connectivity index (χ1n) is 4.46. The van der Waals surface area contributed by atoms with Crippen LogP contribution in [0, 0.1) is 0 Å². The summed E-state index contributed by atoms with van der Waals surface area (Å²) < 4.78 is 5.08. The maximum absolute atomic E-state index is 5.08. The lowest BCUT2D eigenvalue weighted by atomic mass is 10.0. The van der Waals surface area contributed by atoms with Crippen LogP contribution in [0.25, 0.3) is 0 Å². The third-order valence-electron chi connectivity index (χ3n) is 2.07. The lowest BCUT2D eigenvalue weighted by molar-refractivity contribution is 0.284. The third kappa shape index (κ3) is 2.22. The number of hydrogen-bond donors (Lipinski definition) is 0. The van der Waals surface area contributed by atoms with E-state index in [-0.39, 0.29) is 0 Å². The van der Waals surface area contributed by atoms with E-state index in [0.29, 0.717) is 6.61 Å². The summed E-state index contributed by atoms with van der Waals surface area (Å²) in [7, 11) is 0. The molecule has 66 valence electrons. The minimum atomic E-state index is 0.707. The average molecular weight is 172 g/mol. The molecule has 0 radical (unpaired) electrons. The quantitative estimate of drug-likeness (QED) is 0.666. The molecule has 0 bridgehead atoms. The van der Waals surface area contributed by atoms with Gasteiger partial charge in [0.1, 0.15) is 6.61 Å². The molecule has 0 amide bonds. The van der Waals surface area contributed by atoms with Crippen molar-refractivity contribution in [3.8, 4) is 0 Å². The second-order valence-electron chi connectivity index (χ2n) is 3.08. The van der Waals surface area contributed by atoms with E-state index in [4.69, 9.17) is 4.74 Å². The molecular weight excluding hydrogens is 160 g/mol. The minimum absolute atomic E-state index is 0.707. The molecule has 2 rings (SSSR count). The van der Waals surface area contributed by atoms with E-state index in [9.17, 15) is 0 Å². The van der Waals surface area contributed by atoms with Gasteiger partial charge in [0.2, 0.25) is 0 Å². The smallest absolute Gasteiger partial charge is 0.106 e. The molecule has 1 aromatic rings. The fourth-order valence-corrected chi connectivity index (χ4v) is 1.38. The van der Waals surface area contributed by atoms with Crippen LogP contribution in [0.3, 0.4) is 0 Å². The Labute approximate surface area is 78.3 Å². The van der Waals surface area contributed by atoms with Gasteiger partial charge in [-0.1, -0.05) is 30.3 Å². The maximum Gasteiger partial charge on any atom is 0.106 e. The van der Waals surface area contributed by atoms with E-state index >= 15 is 0 Å². The van der Waals surface area contributed by atoms with Crippen molar-refractivity contribution < 1.29 is 4.74 Å². The highest BCUT2D eigenvalue weighted by molar-refractivity contribution is 5.28. The second kappa shape index (κ2) is 3.94. The van der Waals surface area contributed by atoms with Crippen molar-refractivity contribution >= 4 is 0 Å². The average Bonchev–Trinajstić information content (AvgIpc) is 2.21. The van der Waals surface area contributed by atoms with Crippen LogP contribution in [-0.2, 0) is 11.2 Å². The highest BCUT2D eigenvalue weighted by atomic mass is 16.5. The molecule has 1 aliphatic heterocycles. The molecule has 1 aliphatic rings. The van der Waals surface area contributed by atoms with Crippen LogP contribution in [0.5, 0.6) is 0 Å². The molecule has 0 spiro atoms. The molecule has 0 atom stereocenters. The van der Waals surface area contributed by atoms with Crippen LogP contribution < -0.4 is 0 Å². The van der Waals surface area contributed by atoms with E-state index in [0.717, 1.165) is 6.42 Å². The van der Waals surface area contributed by atoms with Gasteiger partial charge in [-0.2, -0.15) is 0 Å². The predicted molar refractivity (Wildman–Crippen MR) is 53.3 cm³/mol. The SMILES string of the molecule is C1=CC(Cc2ccccc2)=CCO1. The van der Waals surface area contributed by atoms with Gasteiger partial charge in [0, 0.05) is 0 Å². The first-order valence-corrected chi connectivity index (χ1v) is 4.46. The van der Waals surface area contributed by atoms with E-state index in [2.05, 4.69) is 30.3 Å². The van der Waals surface area contributed by atoms with Gasteiger partial charge in [-0.15, -0.1) is 0 Å². The summed E-state index contributed by atoms with van der Waals surface area (Å²) in [6, 6.07) is 10.5. The molecule has 1 heterocycles. The van der Waals surface area contributed by atoms with Crippen molar-refractivity contribution in [3.63, 3.8) is 0 Å². The van der Waals surface area contributed by atoms with Gasteiger partial charge in [-0.05, 0) is 29.7 Å². The van der Waals surface area contributed by atoms with E-state index in [1.54, 1.807) is 6.26 Å². The molecule has 0 fully saturated rings. The summed E-state index contributed by atoms with van der Waals surface area (Å²) in [6.07, 6.45) is 6.91. The zero-order valence-corrected chi connectivity index (χ0v) is 7.44. The molecule has 0 aromatic heterocycles. The number of benzene rings is 1. The van der Waals surface area contributed by atoms with E-state index in [1.165, 1.54) is 11.1 Å². The summed E-state index contributed by atoms with van der Waals surface area (Å²) in [5.74, 6) is 0. The first kappa shape index (κ1) is 8.11. The zero-order valence-electron chi connectivity index (χ0n) is 7.44. The summed E-state index contributed by atoms with van der Waals surface area (Å²) in [5, 5.41) is 0. The van der Waals surface area contributed by atoms with Gasteiger partial charge in [0.05, 0.1) is 6.26 Å². The largest absolute Gasteiger partial charge is 0.497 e. The fraction of sp³-hybridized carbons (Fsp3) is 0.167. The van der Waals surface area contributed by atoms with Gasteiger partial charge in [0.15, 0.2) is 0 Å². The molecule has 0 unspecified atom stereocenters. The molecule has 0 saturated heterocycles. The van der Waals surface area contributed by atoms with Crippen molar-refractivity contribution in [1.82, 2.24) is 0 Å². The normalized spacial score (nSPS) is 14.9. The fourth-order valence-electron chi connectivity index (χ4n) is 1.38. The Hall–Kier alpha value is -1.50. The lowest BCUT2D eigenvalue weighted by Crippen LogP contribution is -1.95. The Morgan fingerprint density at radius 2 is 2.00 bits per heavy atom. The summed E-state index contributed by atoms with van der Waals surface area (Å²) in [5.41, 5.74) is 2.68. The topological polar surface area (TPSA) is 9.23 Å². The maximum atomic E-state index is 5.08. The van der Waals surface area contributed by atoms with Gasteiger partial charge < -0.3 is 4.74 Å². The Kier molecular flexibility index (Phi) is 2.46. The molecule has 1 aromatic carbocycles. The van der Waals surface area contributed by atoms with Gasteiger partial charge in [0.25, 0.3) is 0 Å². The standard InChI is InChI=1S/C12H12O/c1-2-4-11(5-3-1)10-12-6-8-13-9-7-12/h1-8H,9-10H2. The molecule has 1 nitrogen and oxygen atoms in total. The van der Waals surface area contributed by atoms with Crippen LogP contribution in [0.1, 0.15) is 5.56 Å². The highest BCUT2D eigenvalue weighted by Gasteiger charge is 1.98. The summed E-state index contributed by atoms with van der Waals surface area (Å²) in [4.78, 5) is 0. The van der Waals surface area contributed by atoms with Crippen molar-refractivity contribution in [3.05, 3.63) is 59.9 Å². The summed E-state index contributed by atoms with van der Waals surface area (Å²) >= 11 is 0. The van der Waals surface area contributed by atoms with E-state index in [1.807, 2.05) is 12.1 Å². The van der Waals surface area contributed by atoms with Crippen LogP contribution >= 0.6 is 0 Å². The second-order valence-corrected chi connectivity index (χ2v) is 3.08. The third-order valence-corrected chi connectivity index (χ3v) is 2.07. The summed E-state index contributed by atoms with van der Waals surface area (Å²) in [6.45, 7) is 0.707. The number of allylic oxidation sites excluding steroid dienone is 2. The van der Waals surface area contributed by atoms with Crippen LogP contribution in [0.2, 0.25) is 0 Å². The molecule has 13 heavy (non-hydrogen) atoms. The molecule has 0 saturated carbocycles. The molecular formula is C12H12O. The molecule has 1 heteroatoms. The first-order chi connectivity index (χ1) is 6.45. The number of rotatable bonds is 2. The monoisotopic (exact) mass is 172 g/mol. The van der Waals surface area contributed by atoms with Crippen molar-refractivity contribution in [2.45, 2.75) is 6.42 Å². The van der Waals surface area contributed by atoms with Crippen LogP contribution in [0.4, 0.5) is 0 Å².